The maximum atomic E-state index is 12.1. The van der Waals surface area contributed by atoms with Gasteiger partial charge in [-0.05, 0) is 30.3 Å². The van der Waals surface area contributed by atoms with Gasteiger partial charge < -0.3 is 11.2 Å². The summed E-state index contributed by atoms with van der Waals surface area (Å²) in [6.45, 7) is 0. The summed E-state index contributed by atoms with van der Waals surface area (Å²) in [5.41, 5.74) is 1.17. The predicted molar refractivity (Wildman–Crippen MR) is 106 cm³/mol. The van der Waals surface area contributed by atoms with E-state index in [1.54, 1.807) is 30.3 Å². The number of nitrogen functional groups attached to an aromatic ring is 1. The third-order valence-electron chi connectivity index (χ3n) is 3.26. The highest BCUT2D eigenvalue weighted by molar-refractivity contribution is 7.99. The van der Waals surface area contributed by atoms with Crippen LogP contribution < -0.4 is 11.2 Å². The molecule has 0 unspecified atom stereocenters. The monoisotopic (exact) mass is 427 g/mol. The molecular weight excluding hydrogens is 417 g/mol. The number of nitrogens with two attached hydrogens (primary N) is 1. The number of aromatic nitrogens is 3. The van der Waals surface area contributed by atoms with Crippen LogP contribution in [0.2, 0.25) is 15.1 Å². The van der Waals surface area contributed by atoms with Gasteiger partial charge in [0.1, 0.15) is 0 Å². The summed E-state index contributed by atoms with van der Waals surface area (Å²) in [5, 5.41) is 12.5. The van der Waals surface area contributed by atoms with Gasteiger partial charge in [-0.15, -0.1) is 10.2 Å². The Kier molecular flexibility index (Phi) is 5.93. The molecule has 3 N–H and O–H groups in total. The standard InChI is InChI=1S/C16H12Cl3N5OS/c17-9-5-10(18)7-11(6-9)21-14(25)8-26-16-23-22-15(24(16)20)12-3-1-2-4-13(12)19/h1-7H,8,20H2,(H,21,25). The van der Waals surface area contributed by atoms with E-state index in [1.165, 1.54) is 4.68 Å². The minimum absolute atomic E-state index is 0.0853. The molecule has 0 saturated heterocycles. The summed E-state index contributed by atoms with van der Waals surface area (Å²) in [5.74, 6) is 6.28. The van der Waals surface area contributed by atoms with Gasteiger partial charge in [0.2, 0.25) is 11.1 Å². The minimum Gasteiger partial charge on any atom is -0.335 e. The molecule has 1 amide bonds. The van der Waals surface area contributed by atoms with Crippen LogP contribution in [0.25, 0.3) is 11.4 Å². The highest BCUT2D eigenvalue weighted by Gasteiger charge is 2.15. The van der Waals surface area contributed by atoms with Gasteiger partial charge in [-0.2, -0.15) is 0 Å². The van der Waals surface area contributed by atoms with Crippen molar-refractivity contribution in [2.75, 3.05) is 16.9 Å². The van der Waals surface area contributed by atoms with Crippen molar-refractivity contribution in [3.8, 4) is 11.4 Å². The Labute approximate surface area is 168 Å². The van der Waals surface area contributed by atoms with E-state index in [2.05, 4.69) is 15.5 Å². The molecular formula is C16H12Cl3N5OS. The van der Waals surface area contributed by atoms with E-state index in [9.17, 15) is 4.79 Å². The van der Waals surface area contributed by atoms with Crippen molar-refractivity contribution in [2.24, 2.45) is 0 Å². The van der Waals surface area contributed by atoms with E-state index in [0.29, 0.717) is 37.3 Å². The molecule has 134 valence electrons. The Morgan fingerprint density at radius 2 is 1.81 bits per heavy atom. The van der Waals surface area contributed by atoms with Crippen LogP contribution in [0.5, 0.6) is 0 Å². The van der Waals surface area contributed by atoms with Crippen LogP contribution >= 0.6 is 46.6 Å². The van der Waals surface area contributed by atoms with E-state index in [0.717, 1.165) is 11.8 Å². The highest BCUT2D eigenvalue weighted by Crippen LogP contribution is 2.28. The molecule has 3 rings (SSSR count). The SMILES string of the molecule is Nn1c(SCC(=O)Nc2cc(Cl)cc(Cl)c2)nnc1-c1ccccc1Cl. The molecule has 0 atom stereocenters. The maximum Gasteiger partial charge on any atom is 0.234 e. The van der Waals surface area contributed by atoms with Gasteiger partial charge in [0.05, 0.1) is 10.8 Å². The van der Waals surface area contributed by atoms with Crippen LogP contribution in [-0.2, 0) is 4.79 Å². The molecule has 0 aliphatic heterocycles. The van der Waals surface area contributed by atoms with E-state index in [1.807, 2.05) is 12.1 Å². The second kappa shape index (κ2) is 8.18. The molecule has 0 fully saturated rings. The van der Waals surface area contributed by atoms with Crippen molar-refractivity contribution in [3.05, 3.63) is 57.5 Å². The normalized spacial score (nSPS) is 10.7. The Balaban J connectivity index is 1.67. The molecule has 3 aromatic rings. The van der Waals surface area contributed by atoms with Crippen LogP contribution in [0.3, 0.4) is 0 Å². The molecule has 0 saturated carbocycles. The van der Waals surface area contributed by atoms with Crippen LogP contribution in [-0.4, -0.2) is 26.5 Å². The van der Waals surface area contributed by atoms with E-state index in [-0.39, 0.29) is 11.7 Å². The van der Waals surface area contributed by atoms with Crippen molar-refractivity contribution < 1.29 is 4.79 Å². The number of carbonyl (C=O) groups excluding carboxylic acids is 1. The first kappa shape index (κ1) is 18.8. The quantitative estimate of drug-likeness (QED) is 0.466. The van der Waals surface area contributed by atoms with Gasteiger partial charge in [0, 0.05) is 21.3 Å². The number of hydrogen-bond acceptors (Lipinski definition) is 5. The van der Waals surface area contributed by atoms with Gasteiger partial charge in [0.25, 0.3) is 0 Å². The Hall–Kier alpha value is -1.93. The average molecular weight is 429 g/mol. The van der Waals surface area contributed by atoms with Crippen molar-refractivity contribution in [1.82, 2.24) is 14.9 Å². The third-order valence-corrected chi connectivity index (χ3v) is 4.97. The summed E-state index contributed by atoms with van der Waals surface area (Å²) in [6.07, 6.45) is 0. The van der Waals surface area contributed by atoms with Gasteiger partial charge in [0.15, 0.2) is 5.82 Å². The number of halogens is 3. The number of hydrogen-bond donors (Lipinski definition) is 2. The van der Waals surface area contributed by atoms with E-state index < -0.39 is 0 Å². The topological polar surface area (TPSA) is 85.8 Å². The molecule has 0 spiro atoms. The van der Waals surface area contributed by atoms with Crippen LogP contribution in [0.1, 0.15) is 0 Å². The lowest BCUT2D eigenvalue weighted by molar-refractivity contribution is -0.113. The van der Waals surface area contributed by atoms with Crippen molar-refractivity contribution >= 4 is 58.2 Å². The van der Waals surface area contributed by atoms with Gasteiger partial charge in [-0.3, -0.25) is 4.79 Å². The highest BCUT2D eigenvalue weighted by atomic mass is 35.5. The van der Waals surface area contributed by atoms with E-state index >= 15 is 0 Å². The first-order valence-corrected chi connectivity index (χ1v) is 9.40. The second-order valence-electron chi connectivity index (χ2n) is 5.15. The summed E-state index contributed by atoms with van der Waals surface area (Å²) in [7, 11) is 0. The molecule has 0 radical (unpaired) electrons. The Bertz CT molecular complexity index is 943. The molecule has 26 heavy (non-hydrogen) atoms. The van der Waals surface area contributed by atoms with Crippen LogP contribution in [0.4, 0.5) is 5.69 Å². The summed E-state index contributed by atoms with van der Waals surface area (Å²) in [4.78, 5) is 12.1. The fourth-order valence-corrected chi connectivity index (χ4v) is 3.56. The fraction of sp³-hybridized carbons (Fsp3) is 0.0625. The fourth-order valence-electron chi connectivity index (χ4n) is 2.15. The molecule has 0 aliphatic carbocycles. The Morgan fingerprint density at radius 3 is 2.50 bits per heavy atom. The largest absolute Gasteiger partial charge is 0.335 e. The lowest BCUT2D eigenvalue weighted by Crippen LogP contribution is -2.16. The van der Waals surface area contributed by atoms with Gasteiger partial charge in [-0.25, -0.2) is 4.68 Å². The molecule has 2 aromatic carbocycles. The number of nitrogens with zero attached hydrogens (tertiary/aromatic N) is 3. The first-order chi connectivity index (χ1) is 12.4. The smallest absolute Gasteiger partial charge is 0.234 e. The predicted octanol–water partition coefficient (Wildman–Crippen LogP) is 4.35. The van der Waals surface area contributed by atoms with E-state index in [4.69, 9.17) is 40.6 Å². The Morgan fingerprint density at radius 1 is 1.12 bits per heavy atom. The molecule has 10 heteroatoms. The van der Waals surface area contributed by atoms with Crippen molar-refractivity contribution in [1.29, 1.82) is 0 Å². The van der Waals surface area contributed by atoms with Crippen molar-refractivity contribution in [3.63, 3.8) is 0 Å². The molecule has 0 bridgehead atoms. The number of thioether (sulfide) groups is 1. The molecule has 1 heterocycles. The number of rotatable bonds is 5. The zero-order valence-corrected chi connectivity index (χ0v) is 16.2. The number of benzene rings is 2. The number of carbonyl (C=O) groups is 1. The van der Waals surface area contributed by atoms with Crippen LogP contribution in [0.15, 0.2) is 47.6 Å². The zero-order valence-electron chi connectivity index (χ0n) is 13.1. The molecule has 1 aromatic heterocycles. The van der Waals surface area contributed by atoms with Crippen molar-refractivity contribution in [2.45, 2.75) is 5.16 Å². The molecule has 0 aliphatic rings. The van der Waals surface area contributed by atoms with Crippen LogP contribution in [0, 0.1) is 0 Å². The zero-order chi connectivity index (χ0) is 18.7. The van der Waals surface area contributed by atoms with Gasteiger partial charge >= 0.3 is 0 Å². The third kappa shape index (κ3) is 4.42. The minimum atomic E-state index is -0.254. The average Bonchev–Trinajstić information content (AvgIpc) is 2.93. The molecule has 6 nitrogen and oxygen atoms in total. The maximum absolute atomic E-state index is 12.1. The second-order valence-corrected chi connectivity index (χ2v) is 7.37. The lowest BCUT2D eigenvalue weighted by Gasteiger charge is -2.07. The first-order valence-electron chi connectivity index (χ1n) is 7.28. The summed E-state index contributed by atoms with van der Waals surface area (Å²) < 4.78 is 1.30. The summed E-state index contributed by atoms with van der Waals surface area (Å²) >= 11 is 19.1. The number of anilines is 1. The number of nitrogens with one attached hydrogen (secondary N) is 1. The number of amides is 1. The summed E-state index contributed by atoms with van der Waals surface area (Å²) in [6, 6.07) is 12.0. The van der Waals surface area contributed by atoms with Gasteiger partial charge in [-0.1, -0.05) is 58.7 Å². The lowest BCUT2D eigenvalue weighted by atomic mass is 10.2.